The van der Waals surface area contributed by atoms with Gasteiger partial charge in [-0.2, -0.15) is 0 Å². The zero-order valence-corrected chi connectivity index (χ0v) is 13.6. The highest BCUT2D eigenvalue weighted by molar-refractivity contribution is 7.12. The number of carbonyl (C=O) groups excluding carboxylic acids is 1. The Morgan fingerprint density at radius 1 is 1.33 bits per heavy atom. The fourth-order valence-electron chi connectivity index (χ4n) is 3.08. The van der Waals surface area contributed by atoms with Crippen LogP contribution in [0.3, 0.4) is 0 Å². The number of hydrogen-bond donors (Lipinski definition) is 2. The number of amides is 1. The number of aryl methyl sites for hydroxylation is 2. The maximum atomic E-state index is 12.3. The largest absolute Gasteiger partial charge is 0.481 e. The highest BCUT2D eigenvalue weighted by atomic mass is 32.1. The Kier molecular flexibility index (Phi) is 5.04. The third-order valence-corrected chi connectivity index (χ3v) is 5.70. The average Bonchev–Trinajstić information content (AvgIpc) is 3.00. The van der Waals surface area contributed by atoms with Gasteiger partial charge in [0.05, 0.1) is 18.4 Å². The minimum absolute atomic E-state index is 0.109. The van der Waals surface area contributed by atoms with Gasteiger partial charge in [-0.25, -0.2) is 0 Å². The standard InChI is InChI=1S/C16H23NO3S/c1-4-11-6-13(14(7-11)16(19)20)15(18)17-8-12-5-9(2)10(3)21-12/h5,11,13-14H,4,6-8H2,1-3H3,(H,17,18)(H,19,20)/t11?,13-,14+/m0/s1. The molecule has 3 atom stereocenters. The first-order valence-electron chi connectivity index (χ1n) is 7.48. The zero-order chi connectivity index (χ0) is 15.6. The van der Waals surface area contributed by atoms with E-state index in [1.165, 1.54) is 10.4 Å². The van der Waals surface area contributed by atoms with Crippen molar-refractivity contribution in [2.24, 2.45) is 17.8 Å². The van der Waals surface area contributed by atoms with Crippen LogP contribution in [0.25, 0.3) is 0 Å². The van der Waals surface area contributed by atoms with Gasteiger partial charge in [-0.05, 0) is 44.2 Å². The first-order chi connectivity index (χ1) is 9.92. The second kappa shape index (κ2) is 6.60. The maximum absolute atomic E-state index is 12.3. The molecule has 1 aromatic heterocycles. The minimum Gasteiger partial charge on any atom is -0.481 e. The summed E-state index contributed by atoms with van der Waals surface area (Å²) >= 11 is 1.68. The van der Waals surface area contributed by atoms with Gasteiger partial charge >= 0.3 is 5.97 Å². The summed E-state index contributed by atoms with van der Waals surface area (Å²) in [5, 5.41) is 12.2. The molecule has 0 radical (unpaired) electrons. The zero-order valence-electron chi connectivity index (χ0n) is 12.8. The van der Waals surface area contributed by atoms with E-state index < -0.39 is 11.9 Å². The molecule has 21 heavy (non-hydrogen) atoms. The Hall–Kier alpha value is -1.36. The van der Waals surface area contributed by atoms with E-state index in [4.69, 9.17) is 0 Å². The molecule has 1 saturated carbocycles. The lowest BCUT2D eigenvalue weighted by Crippen LogP contribution is -2.34. The third-order valence-electron chi connectivity index (χ3n) is 4.55. The number of carboxylic acids is 1. The molecule has 1 heterocycles. The predicted octanol–water partition coefficient (Wildman–Crippen LogP) is 3.12. The van der Waals surface area contributed by atoms with Crippen molar-refractivity contribution in [3.8, 4) is 0 Å². The smallest absolute Gasteiger partial charge is 0.307 e. The van der Waals surface area contributed by atoms with Gasteiger partial charge in [0.1, 0.15) is 0 Å². The quantitative estimate of drug-likeness (QED) is 0.878. The molecule has 1 fully saturated rings. The molecule has 2 N–H and O–H groups in total. The lowest BCUT2D eigenvalue weighted by atomic mass is 9.95. The maximum Gasteiger partial charge on any atom is 0.307 e. The van der Waals surface area contributed by atoms with Gasteiger partial charge in [0.25, 0.3) is 0 Å². The summed E-state index contributed by atoms with van der Waals surface area (Å²) in [6, 6.07) is 2.08. The lowest BCUT2D eigenvalue weighted by Gasteiger charge is -2.15. The van der Waals surface area contributed by atoms with Gasteiger partial charge in [-0.3, -0.25) is 9.59 Å². The van der Waals surface area contributed by atoms with Crippen LogP contribution >= 0.6 is 11.3 Å². The molecule has 1 amide bonds. The summed E-state index contributed by atoms with van der Waals surface area (Å²) in [6.07, 6.45) is 2.26. The van der Waals surface area contributed by atoms with Crippen LogP contribution in [0.2, 0.25) is 0 Å². The monoisotopic (exact) mass is 309 g/mol. The topological polar surface area (TPSA) is 66.4 Å². The van der Waals surface area contributed by atoms with Crippen LogP contribution in [0, 0.1) is 31.6 Å². The van der Waals surface area contributed by atoms with Gasteiger partial charge in [0.15, 0.2) is 0 Å². The summed E-state index contributed by atoms with van der Waals surface area (Å²) < 4.78 is 0. The molecule has 5 heteroatoms. The Morgan fingerprint density at radius 2 is 2.00 bits per heavy atom. The van der Waals surface area contributed by atoms with Crippen molar-refractivity contribution in [1.82, 2.24) is 5.32 Å². The van der Waals surface area contributed by atoms with Gasteiger partial charge in [-0.15, -0.1) is 11.3 Å². The van der Waals surface area contributed by atoms with Crippen LogP contribution in [0.1, 0.15) is 41.5 Å². The summed E-state index contributed by atoms with van der Waals surface area (Å²) in [6.45, 7) is 6.67. The Balaban J connectivity index is 1.97. The van der Waals surface area contributed by atoms with Crippen LogP contribution in [0.4, 0.5) is 0 Å². The Bertz CT molecular complexity index is 518. The highest BCUT2D eigenvalue weighted by Crippen LogP contribution is 2.38. The number of aliphatic carboxylic acids is 1. The van der Waals surface area contributed by atoms with Crippen molar-refractivity contribution in [3.63, 3.8) is 0 Å². The molecule has 0 spiro atoms. The molecule has 0 saturated heterocycles. The molecule has 1 unspecified atom stereocenters. The molecule has 0 aromatic carbocycles. The van der Waals surface area contributed by atoms with Crippen molar-refractivity contribution in [2.45, 2.75) is 46.6 Å². The van der Waals surface area contributed by atoms with Crippen molar-refractivity contribution >= 4 is 23.2 Å². The van der Waals surface area contributed by atoms with Gasteiger partial charge in [0.2, 0.25) is 5.91 Å². The van der Waals surface area contributed by atoms with E-state index in [-0.39, 0.29) is 11.8 Å². The fraction of sp³-hybridized carbons (Fsp3) is 0.625. The number of thiophene rings is 1. The van der Waals surface area contributed by atoms with E-state index >= 15 is 0 Å². The third kappa shape index (κ3) is 3.64. The molecule has 116 valence electrons. The van der Waals surface area contributed by atoms with E-state index in [0.717, 1.165) is 11.3 Å². The van der Waals surface area contributed by atoms with E-state index in [1.807, 2.05) is 0 Å². The number of carbonyl (C=O) groups is 2. The number of hydrogen-bond acceptors (Lipinski definition) is 3. The molecule has 0 aliphatic heterocycles. The van der Waals surface area contributed by atoms with Crippen LogP contribution in [0.15, 0.2) is 6.07 Å². The summed E-state index contributed by atoms with van der Waals surface area (Å²) in [7, 11) is 0. The lowest BCUT2D eigenvalue weighted by molar-refractivity contribution is -0.146. The molecular formula is C16H23NO3S. The van der Waals surface area contributed by atoms with Crippen molar-refractivity contribution in [3.05, 3.63) is 21.4 Å². The van der Waals surface area contributed by atoms with Gasteiger partial charge in [0, 0.05) is 9.75 Å². The molecule has 0 bridgehead atoms. The van der Waals surface area contributed by atoms with Gasteiger partial charge in [-0.1, -0.05) is 13.3 Å². The number of nitrogens with one attached hydrogen (secondary N) is 1. The van der Waals surface area contributed by atoms with E-state index in [2.05, 4.69) is 32.2 Å². The number of rotatable bonds is 5. The van der Waals surface area contributed by atoms with Gasteiger partial charge < -0.3 is 10.4 Å². The van der Waals surface area contributed by atoms with E-state index in [0.29, 0.717) is 25.3 Å². The molecular weight excluding hydrogens is 286 g/mol. The average molecular weight is 309 g/mol. The minimum atomic E-state index is -0.839. The second-order valence-electron chi connectivity index (χ2n) is 5.97. The SMILES string of the molecule is CCC1C[C@H](C(=O)NCc2cc(C)c(C)s2)[C@H](C(=O)O)C1. The molecule has 1 aliphatic rings. The summed E-state index contributed by atoms with van der Waals surface area (Å²) in [5.74, 6) is -1.50. The first kappa shape index (κ1) is 16.0. The normalized spacial score (nSPS) is 25.0. The van der Waals surface area contributed by atoms with Crippen molar-refractivity contribution < 1.29 is 14.7 Å². The molecule has 1 aliphatic carbocycles. The van der Waals surface area contributed by atoms with Crippen LogP contribution in [-0.4, -0.2) is 17.0 Å². The summed E-state index contributed by atoms with van der Waals surface area (Å²) in [5.41, 5.74) is 1.24. The fourth-order valence-corrected chi connectivity index (χ4v) is 4.07. The van der Waals surface area contributed by atoms with Crippen LogP contribution < -0.4 is 5.32 Å². The summed E-state index contributed by atoms with van der Waals surface area (Å²) in [4.78, 5) is 26.0. The molecule has 4 nitrogen and oxygen atoms in total. The van der Waals surface area contributed by atoms with E-state index in [1.54, 1.807) is 11.3 Å². The van der Waals surface area contributed by atoms with Crippen molar-refractivity contribution in [2.75, 3.05) is 0 Å². The Morgan fingerprint density at radius 3 is 2.52 bits per heavy atom. The number of carboxylic acid groups (broad SMARTS) is 1. The van der Waals surface area contributed by atoms with E-state index in [9.17, 15) is 14.7 Å². The predicted molar refractivity (Wildman–Crippen MR) is 83.3 cm³/mol. The highest BCUT2D eigenvalue weighted by Gasteiger charge is 2.41. The molecule has 1 aromatic rings. The molecule has 2 rings (SSSR count). The first-order valence-corrected chi connectivity index (χ1v) is 8.30. The van der Waals surface area contributed by atoms with Crippen LogP contribution in [0.5, 0.6) is 0 Å². The second-order valence-corrected chi connectivity index (χ2v) is 7.31. The Labute approximate surface area is 129 Å². The van der Waals surface area contributed by atoms with Crippen molar-refractivity contribution in [1.29, 1.82) is 0 Å². The van der Waals surface area contributed by atoms with Crippen LogP contribution in [-0.2, 0) is 16.1 Å².